The molecule has 0 amide bonds. The van der Waals surface area contributed by atoms with E-state index < -0.39 is 0 Å². The lowest BCUT2D eigenvalue weighted by Crippen LogP contribution is -2.25. The van der Waals surface area contributed by atoms with Gasteiger partial charge in [0, 0.05) is 6.42 Å². The molecule has 1 aliphatic rings. The molecule has 3 heteroatoms. The molecule has 0 N–H and O–H groups in total. The minimum Gasteiger partial charge on any atom is -0.458 e. The Morgan fingerprint density at radius 2 is 2.00 bits per heavy atom. The van der Waals surface area contributed by atoms with Crippen molar-refractivity contribution in [3.05, 3.63) is 57.8 Å². The molecule has 18 heavy (non-hydrogen) atoms. The van der Waals surface area contributed by atoms with Crippen LogP contribution in [-0.4, -0.2) is 12.1 Å². The van der Waals surface area contributed by atoms with E-state index in [-0.39, 0.29) is 12.1 Å². The molecular weight excluding hydrogens is 244 g/mol. The van der Waals surface area contributed by atoms with E-state index in [1.807, 2.05) is 23.6 Å². The Balaban J connectivity index is 1.68. The molecule has 92 valence electrons. The molecule has 1 aromatic heterocycles. The molecule has 0 bridgehead atoms. The fraction of sp³-hybridized carbons (Fsp3) is 0.267. The third-order valence-electron chi connectivity index (χ3n) is 3.30. The molecule has 0 radical (unpaired) electrons. The molecule has 0 saturated heterocycles. The van der Waals surface area contributed by atoms with Gasteiger partial charge >= 0.3 is 5.97 Å². The Kier molecular flexibility index (Phi) is 3.15. The van der Waals surface area contributed by atoms with Crippen LogP contribution in [0, 0.1) is 0 Å². The highest BCUT2D eigenvalue weighted by Gasteiger charge is 2.22. The smallest absolute Gasteiger partial charge is 0.348 e. The molecule has 1 atom stereocenters. The maximum atomic E-state index is 11.9. The zero-order valence-corrected chi connectivity index (χ0v) is 10.8. The van der Waals surface area contributed by atoms with E-state index in [1.54, 1.807) is 0 Å². The Hall–Kier alpha value is -1.61. The summed E-state index contributed by atoms with van der Waals surface area (Å²) in [6.45, 7) is 0. The number of thiophene rings is 1. The van der Waals surface area contributed by atoms with Crippen molar-refractivity contribution >= 4 is 17.3 Å². The largest absolute Gasteiger partial charge is 0.458 e. The molecule has 3 rings (SSSR count). The molecule has 0 saturated carbocycles. The summed E-state index contributed by atoms with van der Waals surface area (Å²) in [6, 6.07) is 12.1. The van der Waals surface area contributed by atoms with Crippen molar-refractivity contribution in [1.82, 2.24) is 0 Å². The number of benzene rings is 1. The normalized spacial score (nSPS) is 18.1. The van der Waals surface area contributed by atoms with Gasteiger partial charge < -0.3 is 4.74 Å². The predicted octanol–water partition coefficient (Wildman–Crippen LogP) is 3.46. The number of hydrogen-bond acceptors (Lipinski definition) is 3. The summed E-state index contributed by atoms with van der Waals surface area (Å²) >= 11 is 1.43. The second-order valence-corrected chi connectivity index (χ2v) is 5.46. The van der Waals surface area contributed by atoms with Crippen molar-refractivity contribution in [3.8, 4) is 0 Å². The number of esters is 1. The van der Waals surface area contributed by atoms with Crippen molar-refractivity contribution in [2.45, 2.75) is 25.4 Å². The minimum atomic E-state index is -0.186. The number of hydrogen-bond donors (Lipinski definition) is 0. The number of ether oxygens (including phenoxy) is 1. The van der Waals surface area contributed by atoms with Gasteiger partial charge in [-0.05, 0) is 35.4 Å². The maximum Gasteiger partial charge on any atom is 0.348 e. The first-order valence-corrected chi connectivity index (χ1v) is 7.02. The third kappa shape index (κ3) is 2.31. The molecule has 1 aliphatic carbocycles. The Morgan fingerprint density at radius 1 is 1.17 bits per heavy atom. The van der Waals surface area contributed by atoms with Crippen molar-refractivity contribution in [3.63, 3.8) is 0 Å². The average Bonchev–Trinajstić information content (AvgIpc) is 2.92. The van der Waals surface area contributed by atoms with Gasteiger partial charge in [-0.1, -0.05) is 30.3 Å². The highest BCUT2D eigenvalue weighted by Crippen LogP contribution is 2.24. The highest BCUT2D eigenvalue weighted by molar-refractivity contribution is 7.11. The van der Waals surface area contributed by atoms with Crippen LogP contribution in [0.15, 0.2) is 41.8 Å². The summed E-state index contributed by atoms with van der Waals surface area (Å²) in [5, 5.41) is 1.90. The lowest BCUT2D eigenvalue weighted by atomic mass is 9.90. The van der Waals surface area contributed by atoms with Crippen molar-refractivity contribution < 1.29 is 9.53 Å². The summed E-state index contributed by atoms with van der Waals surface area (Å²) in [6.07, 6.45) is 2.79. The van der Waals surface area contributed by atoms with Crippen LogP contribution in [0.3, 0.4) is 0 Å². The van der Waals surface area contributed by atoms with Crippen LogP contribution in [-0.2, 0) is 17.6 Å². The van der Waals surface area contributed by atoms with Crippen LogP contribution >= 0.6 is 11.3 Å². The van der Waals surface area contributed by atoms with Gasteiger partial charge in [-0.25, -0.2) is 4.79 Å². The zero-order chi connectivity index (χ0) is 12.4. The second-order valence-electron chi connectivity index (χ2n) is 4.52. The van der Waals surface area contributed by atoms with Crippen LogP contribution in [0.4, 0.5) is 0 Å². The summed E-state index contributed by atoms with van der Waals surface area (Å²) in [7, 11) is 0. The number of carbonyl (C=O) groups is 1. The minimum absolute atomic E-state index is 0.0227. The maximum absolute atomic E-state index is 11.9. The van der Waals surface area contributed by atoms with Gasteiger partial charge in [0.1, 0.15) is 11.0 Å². The van der Waals surface area contributed by atoms with Gasteiger partial charge in [0.2, 0.25) is 0 Å². The number of aryl methyl sites for hydroxylation is 1. The van der Waals surface area contributed by atoms with Crippen LogP contribution in [0.5, 0.6) is 0 Å². The van der Waals surface area contributed by atoms with Crippen molar-refractivity contribution in [2.24, 2.45) is 0 Å². The van der Waals surface area contributed by atoms with E-state index in [1.165, 1.54) is 22.5 Å². The number of carbonyl (C=O) groups excluding carboxylic acids is 1. The Bertz CT molecular complexity index is 545. The van der Waals surface area contributed by atoms with Crippen LogP contribution < -0.4 is 0 Å². The van der Waals surface area contributed by atoms with Gasteiger partial charge in [0.25, 0.3) is 0 Å². The van der Waals surface area contributed by atoms with E-state index in [0.29, 0.717) is 4.88 Å². The molecule has 0 aliphatic heterocycles. The van der Waals surface area contributed by atoms with Gasteiger partial charge in [-0.2, -0.15) is 0 Å². The van der Waals surface area contributed by atoms with E-state index in [4.69, 9.17) is 4.74 Å². The molecule has 1 unspecified atom stereocenters. The third-order valence-corrected chi connectivity index (χ3v) is 4.15. The van der Waals surface area contributed by atoms with E-state index >= 15 is 0 Å². The number of fused-ring (bicyclic) bond motifs is 1. The van der Waals surface area contributed by atoms with Crippen molar-refractivity contribution in [2.75, 3.05) is 0 Å². The summed E-state index contributed by atoms with van der Waals surface area (Å²) in [5.74, 6) is -0.186. The molecule has 0 fully saturated rings. The van der Waals surface area contributed by atoms with E-state index in [9.17, 15) is 4.79 Å². The van der Waals surface area contributed by atoms with Gasteiger partial charge in [0.15, 0.2) is 0 Å². The average molecular weight is 258 g/mol. The molecule has 1 aromatic carbocycles. The first kappa shape index (κ1) is 11.5. The SMILES string of the molecule is O=C(OC1CCc2ccccc2C1)c1cccs1. The van der Waals surface area contributed by atoms with E-state index in [0.717, 1.165) is 19.3 Å². The quantitative estimate of drug-likeness (QED) is 0.771. The van der Waals surface area contributed by atoms with Crippen LogP contribution in [0.1, 0.15) is 27.2 Å². The molecule has 0 spiro atoms. The van der Waals surface area contributed by atoms with Crippen molar-refractivity contribution in [1.29, 1.82) is 0 Å². The fourth-order valence-electron chi connectivity index (χ4n) is 2.37. The van der Waals surface area contributed by atoms with Gasteiger partial charge in [0.05, 0.1) is 0 Å². The standard InChI is InChI=1S/C15H14O2S/c16-15(14-6-3-9-18-14)17-13-8-7-11-4-1-2-5-12(11)10-13/h1-6,9,13H,7-8,10H2. The fourth-order valence-corrected chi connectivity index (χ4v) is 2.97. The van der Waals surface area contributed by atoms with Gasteiger partial charge in [-0.3, -0.25) is 0 Å². The second kappa shape index (κ2) is 4.94. The highest BCUT2D eigenvalue weighted by atomic mass is 32.1. The molecular formula is C15H14O2S. The predicted molar refractivity (Wildman–Crippen MR) is 72.0 cm³/mol. The zero-order valence-electron chi connectivity index (χ0n) is 9.96. The van der Waals surface area contributed by atoms with Crippen LogP contribution in [0.25, 0.3) is 0 Å². The lowest BCUT2D eigenvalue weighted by Gasteiger charge is -2.24. The summed E-state index contributed by atoms with van der Waals surface area (Å²) in [4.78, 5) is 12.6. The monoisotopic (exact) mass is 258 g/mol. The summed E-state index contributed by atoms with van der Waals surface area (Å²) in [5.41, 5.74) is 2.70. The molecule has 2 aromatic rings. The Morgan fingerprint density at radius 3 is 2.78 bits per heavy atom. The topological polar surface area (TPSA) is 26.3 Å². The first-order chi connectivity index (χ1) is 8.83. The molecule has 1 heterocycles. The Labute approximate surface area is 110 Å². The van der Waals surface area contributed by atoms with Gasteiger partial charge in [-0.15, -0.1) is 11.3 Å². The van der Waals surface area contributed by atoms with Crippen LogP contribution in [0.2, 0.25) is 0 Å². The molecule has 2 nitrogen and oxygen atoms in total. The number of rotatable bonds is 2. The summed E-state index contributed by atoms with van der Waals surface area (Å²) < 4.78 is 5.56. The van der Waals surface area contributed by atoms with E-state index in [2.05, 4.69) is 18.2 Å². The lowest BCUT2D eigenvalue weighted by molar-refractivity contribution is 0.0277. The first-order valence-electron chi connectivity index (χ1n) is 6.14.